The molecular weight excluding hydrogens is 450 g/mol. The molecule has 0 atom stereocenters. The van der Waals surface area contributed by atoms with Gasteiger partial charge in [0.25, 0.3) is 5.91 Å². The van der Waals surface area contributed by atoms with Gasteiger partial charge in [-0.25, -0.2) is 0 Å². The number of rotatable bonds is 12. The molecule has 0 saturated heterocycles. The Balaban J connectivity index is 1.43. The number of hydrogen-bond acceptors (Lipinski definition) is 6. The van der Waals surface area contributed by atoms with Crippen molar-refractivity contribution in [2.75, 3.05) is 18.9 Å². The molecule has 2 aromatic carbocycles. The highest BCUT2D eigenvalue weighted by Crippen LogP contribution is 2.22. The third kappa shape index (κ3) is 7.34. The Morgan fingerprint density at radius 2 is 1.71 bits per heavy atom. The monoisotopic (exact) mass is 481 g/mol. The fourth-order valence-corrected chi connectivity index (χ4v) is 4.29. The van der Waals surface area contributed by atoms with Gasteiger partial charge in [0, 0.05) is 13.1 Å². The molecule has 2 N–H and O–H groups in total. The highest BCUT2D eigenvalue weighted by Gasteiger charge is 2.14. The van der Waals surface area contributed by atoms with Gasteiger partial charge in [-0.1, -0.05) is 60.3 Å². The largest absolute Gasteiger partial charge is 0.483 e. The SMILES string of the molecule is CCn1c(CNC(=O)COc2c(C)cccc2C)nnc1SCC(=O)NCCc1ccccc1. The van der Waals surface area contributed by atoms with Crippen LogP contribution in [0.5, 0.6) is 5.75 Å². The molecule has 0 fully saturated rings. The Hall–Kier alpha value is -3.33. The van der Waals surface area contributed by atoms with Crippen LogP contribution in [0.3, 0.4) is 0 Å². The Bertz CT molecular complexity index is 1080. The minimum absolute atomic E-state index is 0.0508. The number of aryl methyl sites for hydroxylation is 2. The number of carbonyl (C=O) groups excluding carboxylic acids is 2. The number of nitrogens with one attached hydrogen (secondary N) is 2. The van der Waals surface area contributed by atoms with Gasteiger partial charge in [-0.15, -0.1) is 10.2 Å². The van der Waals surface area contributed by atoms with Crippen molar-refractivity contribution < 1.29 is 14.3 Å². The maximum atomic E-state index is 12.3. The zero-order valence-corrected chi connectivity index (χ0v) is 20.7. The van der Waals surface area contributed by atoms with Crippen LogP contribution in [0.25, 0.3) is 0 Å². The summed E-state index contributed by atoms with van der Waals surface area (Å²) < 4.78 is 7.60. The molecule has 9 heteroatoms. The van der Waals surface area contributed by atoms with Crippen LogP contribution in [0.4, 0.5) is 0 Å². The van der Waals surface area contributed by atoms with Crippen LogP contribution in [0.15, 0.2) is 53.7 Å². The predicted octanol–water partition coefficient (Wildman–Crippen LogP) is 3.06. The first-order valence-corrected chi connectivity index (χ1v) is 12.3. The third-order valence-electron chi connectivity index (χ3n) is 5.22. The van der Waals surface area contributed by atoms with E-state index in [0.717, 1.165) is 23.3 Å². The van der Waals surface area contributed by atoms with Crippen LogP contribution in [-0.2, 0) is 29.1 Å². The minimum atomic E-state index is -0.236. The van der Waals surface area contributed by atoms with E-state index in [9.17, 15) is 9.59 Å². The van der Waals surface area contributed by atoms with Crippen molar-refractivity contribution in [3.63, 3.8) is 0 Å². The molecule has 0 radical (unpaired) electrons. The second kappa shape index (κ2) is 12.8. The van der Waals surface area contributed by atoms with Crippen LogP contribution in [0.1, 0.15) is 29.4 Å². The summed E-state index contributed by atoms with van der Waals surface area (Å²) in [5.74, 6) is 1.33. The molecule has 34 heavy (non-hydrogen) atoms. The van der Waals surface area contributed by atoms with Gasteiger partial charge in [-0.05, 0) is 43.9 Å². The highest BCUT2D eigenvalue weighted by molar-refractivity contribution is 7.99. The van der Waals surface area contributed by atoms with Crippen LogP contribution in [-0.4, -0.2) is 45.5 Å². The number of aromatic nitrogens is 3. The topological polar surface area (TPSA) is 98.1 Å². The average Bonchev–Trinajstić information content (AvgIpc) is 3.23. The van der Waals surface area contributed by atoms with Crippen LogP contribution in [0.2, 0.25) is 0 Å². The van der Waals surface area contributed by atoms with E-state index < -0.39 is 0 Å². The molecule has 0 saturated carbocycles. The summed E-state index contributed by atoms with van der Waals surface area (Å²) in [4.78, 5) is 24.5. The number of ether oxygens (including phenoxy) is 1. The van der Waals surface area contributed by atoms with Gasteiger partial charge in [0.15, 0.2) is 17.6 Å². The number of benzene rings is 2. The van der Waals surface area contributed by atoms with Crippen molar-refractivity contribution in [1.29, 1.82) is 0 Å². The maximum Gasteiger partial charge on any atom is 0.258 e. The second-order valence-electron chi connectivity index (χ2n) is 7.80. The smallest absolute Gasteiger partial charge is 0.258 e. The summed E-state index contributed by atoms with van der Waals surface area (Å²) in [7, 11) is 0. The van der Waals surface area contributed by atoms with Gasteiger partial charge in [0.05, 0.1) is 12.3 Å². The van der Waals surface area contributed by atoms with Gasteiger partial charge in [-0.3, -0.25) is 9.59 Å². The van der Waals surface area contributed by atoms with Gasteiger partial charge in [-0.2, -0.15) is 0 Å². The first-order valence-electron chi connectivity index (χ1n) is 11.3. The standard InChI is InChI=1S/C25H31N5O3S/c1-4-30-21(15-27-22(31)16-33-24-18(2)9-8-10-19(24)3)28-29-25(30)34-17-23(32)26-14-13-20-11-6-5-7-12-20/h5-12H,4,13-17H2,1-3H3,(H,26,32)(H,27,31). The van der Waals surface area contributed by atoms with Gasteiger partial charge in [0.2, 0.25) is 5.91 Å². The minimum Gasteiger partial charge on any atom is -0.483 e. The molecule has 0 aliphatic carbocycles. The van der Waals surface area contributed by atoms with Crippen molar-refractivity contribution in [3.8, 4) is 5.75 Å². The number of nitrogens with zero attached hydrogens (tertiary/aromatic N) is 3. The van der Waals surface area contributed by atoms with E-state index in [1.165, 1.54) is 17.3 Å². The van der Waals surface area contributed by atoms with Crippen molar-refractivity contribution in [3.05, 3.63) is 71.0 Å². The van der Waals surface area contributed by atoms with Crippen molar-refractivity contribution in [1.82, 2.24) is 25.4 Å². The van der Waals surface area contributed by atoms with E-state index in [1.807, 2.05) is 73.9 Å². The summed E-state index contributed by atoms with van der Waals surface area (Å²) in [5, 5.41) is 14.8. The predicted molar refractivity (Wildman–Crippen MR) is 133 cm³/mol. The Morgan fingerprint density at radius 3 is 2.41 bits per heavy atom. The quantitative estimate of drug-likeness (QED) is 0.386. The number of para-hydroxylation sites is 1. The van der Waals surface area contributed by atoms with Gasteiger partial charge >= 0.3 is 0 Å². The molecule has 0 spiro atoms. The average molecular weight is 482 g/mol. The normalized spacial score (nSPS) is 10.7. The Labute approximate surface area is 204 Å². The number of hydrogen-bond donors (Lipinski definition) is 2. The number of carbonyl (C=O) groups is 2. The van der Waals surface area contributed by atoms with Crippen LogP contribution >= 0.6 is 11.8 Å². The fraction of sp³-hybridized carbons (Fsp3) is 0.360. The van der Waals surface area contributed by atoms with E-state index in [2.05, 4.69) is 20.8 Å². The zero-order chi connectivity index (χ0) is 24.3. The zero-order valence-electron chi connectivity index (χ0n) is 19.8. The van der Waals surface area contributed by atoms with E-state index in [-0.39, 0.29) is 30.7 Å². The lowest BCUT2D eigenvalue weighted by atomic mass is 10.1. The molecule has 0 aliphatic rings. The van der Waals surface area contributed by atoms with Crippen molar-refractivity contribution in [2.24, 2.45) is 0 Å². The summed E-state index contributed by atoms with van der Waals surface area (Å²) in [6.07, 6.45) is 0.791. The summed E-state index contributed by atoms with van der Waals surface area (Å²) in [6.45, 7) is 7.26. The van der Waals surface area contributed by atoms with Crippen LogP contribution < -0.4 is 15.4 Å². The maximum absolute atomic E-state index is 12.3. The van der Waals surface area contributed by atoms with Crippen LogP contribution in [0, 0.1) is 13.8 Å². The third-order valence-corrected chi connectivity index (χ3v) is 6.19. The molecule has 8 nitrogen and oxygen atoms in total. The highest BCUT2D eigenvalue weighted by atomic mass is 32.2. The molecule has 1 heterocycles. The lowest BCUT2D eigenvalue weighted by molar-refractivity contribution is -0.123. The van der Waals surface area contributed by atoms with E-state index in [0.29, 0.717) is 24.1 Å². The lowest BCUT2D eigenvalue weighted by Gasteiger charge is -2.12. The Morgan fingerprint density at radius 1 is 0.971 bits per heavy atom. The number of amides is 2. The molecule has 180 valence electrons. The van der Waals surface area contributed by atoms with Gasteiger partial charge in [0.1, 0.15) is 5.75 Å². The van der Waals surface area contributed by atoms with E-state index in [4.69, 9.17) is 4.74 Å². The number of thioether (sulfide) groups is 1. The summed E-state index contributed by atoms with van der Waals surface area (Å²) in [6, 6.07) is 15.9. The summed E-state index contributed by atoms with van der Waals surface area (Å²) in [5.41, 5.74) is 3.17. The molecule has 1 aromatic heterocycles. The van der Waals surface area contributed by atoms with Gasteiger partial charge < -0.3 is 19.9 Å². The molecule has 2 amide bonds. The lowest BCUT2D eigenvalue weighted by Crippen LogP contribution is -2.30. The molecule has 3 aromatic rings. The first-order chi connectivity index (χ1) is 16.5. The first kappa shape index (κ1) is 25.3. The molecule has 0 bridgehead atoms. The molecular formula is C25H31N5O3S. The fourth-order valence-electron chi connectivity index (χ4n) is 3.44. The van der Waals surface area contributed by atoms with Crippen molar-refractivity contribution in [2.45, 2.75) is 45.4 Å². The van der Waals surface area contributed by atoms with E-state index >= 15 is 0 Å². The molecule has 0 aliphatic heterocycles. The molecule has 3 rings (SSSR count). The van der Waals surface area contributed by atoms with E-state index in [1.54, 1.807) is 0 Å². The second-order valence-corrected chi connectivity index (χ2v) is 8.75. The van der Waals surface area contributed by atoms with Crippen molar-refractivity contribution >= 4 is 23.6 Å². The Kier molecular flexibility index (Phi) is 9.51. The summed E-state index contributed by atoms with van der Waals surface area (Å²) >= 11 is 1.33. The molecule has 0 unspecified atom stereocenters.